The minimum absolute atomic E-state index is 0.0447. The topological polar surface area (TPSA) is 93.5 Å². The molecule has 0 bridgehead atoms. The molecule has 0 unspecified atom stereocenters. The molecule has 160 valence electrons. The van der Waals surface area contributed by atoms with Crippen molar-refractivity contribution >= 4 is 17.5 Å². The van der Waals surface area contributed by atoms with Crippen molar-refractivity contribution < 1.29 is 9.53 Å². The summed E-state index contributed by atoms with van der Waals surface area (Å²) in [6.45, 7) is 2.79. The molecule has 1 atom stereocenters. The van der Waals surface area contributed by atoms with E-state index in [0.29, 0.717) is 36.2 Å². The quantitative estimate of drug-likeness (QED) is 0.622. The van der Waals surface area contributed by atoms with Crippen molar-refractivity contribution in [3.63, 3.8) is 0 Å². The van der Waals surface area contributed by atoms with Crippen LogP contribution in [0.5, 0.6) is 5.75 Å². The Labute approximate surface area is 180 Å². The van der Waals surface area contributed by atoms with Crippen molar-refractivity contribution in [1.82, 2.24) is 19.5 Å². The molecule has 1 aromatic carbocycles. The first-order valence-electron chi connectivity index (χ1n) is 10.0. The van der Waals surface area contributed by atoms with Crippen LogP contribution in [0.2, 0.25) is 0 Å². The smallest absolute Gasteiger partial charge is 0.255 e. The van der Waals surface area contributed by atoms with Gasteiger partial charge < -0.3 is 14.5 Å². The fourth-order valence-corrected chi connectivity index (χ4v) is 3.93. The molecule has 1 saturated heterocycles. The second kappa shape index (κ2) is 8.55. The average Bonchev–Trinajstić information content (AvgIpc) is 3.25. The normalized spacial score (nSPS) is 15.7. The first-order valence-corrected chi connectivity index (χ1v) is 10.0. The Morgan fingerprint density at radius 1 is 1.23 bits per heavy atom. The molecule has 0 radical (unpaired) electrons. The second-order valence-corrected chi connectivity index (χ2v) is 7.41. The molecular formula is C22H24N6O3. The second-order valence-electron chi connectivity index (χ2n) is 7.41. The SMILES string of the molecule is COc1cccc(N(C(C)=O)[C@@H]2CCN(c3nc(-c4ccncn4)cc(=O)n3C)C2)c1. The summed E-state index contributed by atoms with van der Waals surface area (Å²) < 4.78 is 6.84. The van der Waals surface area contributed by atoms with Crippen molar-refractivity contribution in [3.8, 4) is 17.1 Å². The lowest BCUT2D eigenvalue weighted by Crippen LogP contribution is -2.41. The summed E-state index contributed by atoms with van der Waals surface area (Å²) in [7, 11) is 3.30. The average molecular weight is 420 g/mol. The van der Waals surface area contributed by atoms with Crippen molar-refractivity contribution in [1.29, 1.82) is 0 Å². The monoisotopic (exact) mass is 420 g/mol. The van der Waals surface area contributed by atoms with Crippen molar-refractivity contribution in [2.75, 3.05) is 30.0 Å². The molecule has 1 aliphatic rings. The number of methoxy groups -OCH3 is 1. The van der Waals surface area contributed by atoms with Crippen molar-refractivity contribution in [3.05, 3.63) is 59.3 Å². The lowest BCUT2D eigenvalue weighted by atomic mass is 10.1. The van der Waals surface area contributed by atoms with E-state index >= 15 is 0 Å². The van der Waals surface area contributed by atoms with Gasteiger partial charge in [-0.2, -0.15) is 0 Å². The van der Waals surface area contributed by atoms with Crippen LogP contribution in [-0.4, -0.2) is 51.7 Å². The van der Waals surface area contributed by atoms with Crippen LogP contribution in [0.25, 0.3) is 11.4 Å². The first-order chi connectivity index (χ1) is 15.0. The van der Waals surface area contributed by atoms with Crippen LogP contribution in [0, 0.1) is 0 Å². The number of rotatable bonds is 5. The lowest BCUT2D eigenvalue weighted by molar-refractivity contribution is -0.117. The molecule has 1 aliphatic heterocycles. The molecule has 0 spiro atoms. The summed E-state index contributed by atoms with van der Waals surface area (Å²) in [5.41, 5.74) is 1.71. The summed E-state index contributed by atoms with van der Waals surface area (Å²) in [6.07, 6.45) is 3.80. The van der Waals surface area contributed by atoms with E-state index in [4.69, 9.17) is 9.72 Å². The predicted molar refractivity (Wildman–Crippen MR) is 117 cm³/mol. The Morgan fingerprint density at radius 3 is 2.77 bits per heavy atom. The number of hydrogen-bond acceptors (Lipinski definition) is 7. The highest BCUT2D eigenvalue weighted by Crippen LogP contribution is 2.28. The van der Waals surface area contributed by atoms with E-state index in [1.807, 2.05) is 29.2 Å². The number of aromatic nitrogens is 4. The third-order valence-corrected chi connectivity index (χ3v) is 5.44. The highest BCUT2D eigenvalue weighted by molar-refractivity contribution is 5.92. The Bertz CT molecular complexity index is 1150. The largest absolute Gasteiger partial charge is 0.497 e. The standard InChI is InChI=1S/C22H24N6O3/c1-15(29)28(16-5-4-6-18(11-16)31-3)17-8-10-27(13-17)22-25-20(12-21(30)26(22)2)19-7-9-23-14-24-19/h4-7,9,11-12,14,17H,8,10,13H2,1-3H3/t17-/m1/s1. The molecule has 1 fully saturated rings. The molecule has 0 N–H and O–H groups in total. The van der Waals surface area contributed by atoms with Gasteiger partial charge in [-0.1, -0.05) is 6.07 Å². The van der Waals surface area contributed by atoms with Crippen LogP contribution >= 0.6 is 0 Å². The lowest BCUT2D eigenvalue weighted by Gasteiger charge is -2.29. The zero-order valence-corrected chi connectivity index (χ0v) is 17.7. The third-order valence-electron chi connectivity index (χ3n) is 5.44. The Balaban J connectivity index is 1.64. The van der Waals surface area contributed by atoms with Gasteiger partial charge in [0.25, 0.3) is 5.56 Å². The van der Waals surface area contributed by atoms with Crippen LogP contribution in [-0.2, 0) is 11.8 Å². The van der Waals surface area contributed by atoms with E-state index in [1.54, 1.807) is 38.2 Å². The molecule has 4 rings (SSSR count). The molecule has 0 aliphatic carbocycles. The molecule has 0 saturated carbocycles. The summed E-state index contributed by atoms with van der Waals surface area (Å²) in [6, 6.07) is 10.6. The highest BCUT2D eigenvalue weighted by Gasteiger charge is 2.32. The van der Waals surface area contributed by atoms with Crippen LogP contribution in [0.15, 0.2) is 53.7 Å². The number of nitrogens with zero attached hydrogens (tertiary/aromatic N) is 6. The number of carbonyl (C=O) groups excluding carboxylic acids is 1. The van der Waals surface area contributed by atoms with Crippen molar-refractivity contribution in [2.45, 2.75) is 19.4 Å². The number of anilines is 2. The number of ether oxygens (including phenoxy) is 1. The fourth-order valence-electron chi connectivity index (χ4n) is 3.93. The summed E-state index contributed by atoms with van der Waals surface area (Å²) in [5, 5.41) is 0. The molecule has 3 aromatic rings. The van der Waals surface area contributed by atoms with Gasteiger partial charge in [-0.25, -0.2) is 15.0 Å². The highest BCUT2D eigenvalue weighted by atomic mass is 16.5. The van der Waals surface area contributed by atoms with Gasteiger partial charge in [0, 0.05) is 51.1 Å². The number of carbonyl (C=O) groups is 1. The van der Waals surface area contributed by atoms with E-state index in [2.05, 4.69) is 9.97 Å². The third kappa shape index (κ3) is 4.11. The Kier molecular flexibility index (Phi) is 5.66. The van der Waals surface area contributed by atoms with E-state index < -0.39 is 0 Å². The van der Waals surface area contributed by atoms with Crippen LogP contribution in [0.1, 0.15) is 13.3 Å². The van der Waals surface area contributed by atoms with Gasteiger partial charge in [0.15, 0.2) is 0 Å². The molecule has 9 nitrogen and oxygen atoms in total. The molecule has 9 heteroatoms. The zero-order valence-electron chi connectivity index (χ0n) is 17.7. The first kappa shape index (κ1) is 20.5. The number of benzene rings is 1. The zero-order chi connectivity index (χ0) is 22.0. The van der Waals surface area contributed by atoms with E-state index in [1.165, 1.54) is 17.0 Å². The van der Waals surface area contributed by atoms with Gasteiger partial charge in [0.05, 0.1) is 24.5 Å². The molecule has 3 heterocycles. The molecule has 31 heavy (non-hydrogen) atoms. The molecule has 2 aromatic heterocycles. The summed E-state index contributed by atoms with van der Waals surface area (Å²) in [5.74, 6) is 1.20. The number of amides is 1. The van der Waals surface area contributed by atoms with E-state index in [9.17, 15) is 9.59 Å². The van der Waals surface area contributed by atoms with Gasteiger partial charge in [0.2, 0.25) is 11.9 Å². The summed E-state index contributed by atoms with van der Waals surface area (Å²) in [4.78, 5) is 41.7. The van der Waals surface area contributed by atoms with Crippen LogP contribution in [0.3, 0.4) is 0 Å². The Morgan fingerprint density at radius 2 is 2.06 bits per heavy atom. The van der Waals surface area contributed by atoms with Crippen LogP contribution < -0.4 is 20.1 Å². The minimum Gasteiger partial charge on any atom is -0.497 e. The van der Waals surface area contributed by atoms with Gasteiger partial charge in [0.1, 0.15) is 12.1 Å². The maximum absolute atomic E-state index is 12.6. The minimum atomic E-state index is -0.168. The van der Waals surface area contributed by atoms with Gasteiger partial charge in [-0.3, -0.25) is 14.2 Å². The van der Waals surface area contributed by atoms with Crippen molar-refractivity contribution in [2.24, 2.45) is 7.05 Å². The predicted octanol–water partition coefficient (Wildman–Crippen LogP) is 1.88. The fraction of sp³-hybridized carbons (Fsp3) is 0.318. The van der Waals surface area contributed by atoms with Crippen LogP contribution in [0.4, 0.5) is 11.6 Å². The summed E-state index contributed by atoms with van der Waals surface area (Å²) >= 11 is 0. The maximum atomic E-state index is 12.6. The maximum Gasteiger partial charge on any atom is 0.255 e. The van der Waals surface area contributed by atoms with E-state index in [0.717, 1.165) is 12.1 Å². The van der Waals surface area contributed by atoms with Gasteiger partial charge in [-0.15, -0.1) is 0 Å². The molecular weight excluding hydrogens is 396 g/mol. The van der Waals surface area contributed by atoms with Gasteiger partial charge in [-0.05, 0) is 24.6 Å². The molecule has 1 amide bonds. The van der Waals surface area contributed by atoms with E-state index in [-0.39, 0.29) is 17.5 Å². The Hall–Kier alpha value is -3.75. The number of hydrogen-bond donors (Lipinski definition) is 0. The van der Waals surface area contributed by atoms with Gasteiger partial charge >= 0.3 is 0 Å².